The van der Waals surface area contributed by atoms with Gasteiger partial charge in [-0.15, -0.1) is 0 Å². The third-order valence-corrected chi connectivity index (χ3v) is 2.36. The average molecular weight is 478 g/mol. The van der Waals surface area contributed by atoms with Crippen molar-refractivity contribution in [2.45, 2.75) is 26.1 Å². The fraction of sp³-hybridized carbons (Fsp3) is 0.750. The Bertz CT molecular complexity index is 429. The molecule has 0 rings (SSSR count). The van der Waals surface area contributed by atoms with E-state index in [0.29, 0.717) is 13.2 Å². The molecule has 0 aliphatic carbocycles. The normalized spacial score (nSPS) is 11.7. The summed E-state index contributed by atoms with van der Waals surface area (Å²) in [5.41, 5.74) is 0. The summed E-state index contributed by atoms with van der Waals surface area (Å²) in [7, 11) is 2.98. The van der Waals surface area contributed by atoms with Crippen LogP contribution in [0.5, 0.6) is 0 Å². The third-order valence-electron chi connectivity index (χ3n) is 2.36. The molecule has 0 aromatic rings. The number of rotatable bonds is 14. The Kier molecular flexibility index (Phi) is 23.3. The van der Waals surface area contributed by atoms with Gasteiger partial charge in [-0.05, 0) is 13.8 Å². The van der Waals surface area contributed by atoms with E-state index in [1.54, 1.807) is 13.8 Å². The Labute approximate surface area is 181 Å². The molecule has 12 nitrogen and oxygen atoms in total. The van der Waals surface area contributed by atoms with Crippen molar-refractivity contribution in [1.82, 2.24) is 0 Å². The second-order valence-electron chi connectivity index (χ2n) is 5.28. The van der Waals surface area contributed by atoms with E-state index < -0.39 is 37.1 Å². The summed E-state index contributed by atoms with van der Waals surface area (Å²) in [6.07, 6.45) is -0.721. The Hall–Kier alpha value is -1.66. The first-order valence-corrected chi connectivity index (χ1v) is 8.08. The number of carbonyl (C=O) groups excluding carboxylic acids is 2. The van der Waals surface area contributed by atoms with Crippen LogP contribution < -0.4 is 0 Å². The summed E-state index contributed by atoms with van der Waals surface area (Å²) in [4.78, 5) is 41.8. The Morgan fingerprint density at radius 1 is 0.690 bits per heavy atom. The van der Waals surface area contributed by atoms with E-state index in [1.165, 1.54) is 14.2 Å². The van der Waals surface area contributed by atoms with Crippen molar-refractivity contribution >= 4 is 23.9 Å². The molecule has 2 atom stereocenters. The van der Waals surface area contributed by atoms with Crippen molar-refractivity contribution in [2.75, 3.05) is 53.9 Å². The fourth-order valence-corrected chi connectivity index (χ4v) is 1.50. The van der Waals surface area contributed by atoms with Crippen LogP contribution >= 0.6 is 0 Å². The third kappa shape index (κ3) is 26.3. The van der Waals surface area contributed by atoms with Crippen LogP contribution in [0, 0.1) is 0 Å². The van der Waals surface area contributed by atoms with Gasteiger partial charge in [0.1, 0.15) is 38.6 Å². The van der Waals surface area contributed by atoms with Gasteiger partial charge < -0.3 is 38.6 Å². The zero-order valence-electron chi connectivity index (χ0n) is 17.1. The zero-order valence-corrected chi connectivity index (χ0v) is 20.0. The number of methoxy groups -OCH3 is 2. The van der Waals surface area contributed by atoms with Gasteiger partial charge in [0.05, 0.1) is 13.2 Å². The number of carboxylic acids is 2. The molecule has 0 aromatic carbocycles. The number of carboxylic acid groups (broad SMARTS) is 2. The monoisotopic (exact) mass is 476 g/mol. The van der Waals surface area contributed by atoms with Crippen molar-refractivity contribution < 1.29 is 77.3 Å². The van der Waals surface area contributed by atoms with Crippen LogP contribution in [-0.4, -0.2) is 100 Å². The van der Waals surface area contributed by atoms with Crippen molar-refractivity contribution in [2.24, 2.45) is 0 Å². The molecule has 166 valence electrons. The SMILES string of the molecule is COCC(C)OC(=O)COCC(=O)O.COCC(C)OC(=O)COCC(=O)O.[Zn]. The van der Waals surface area contributed by atoms with E-state index in [4.69, 9.17) is 29.2 Å². The summed E-state index contributed by atoms with van der Waals surface area (Å²) in [6, 6.07) is 0. The van der Waals surface area contributed by atoms with Gasteiger partial charge in [-0.2, -0.15) is 0 Å². The molecule has 0 amide bonds. The molecule has 0 spiro atoms. The number of aliphatic carboxylic acids is 2. The molecule has 2 N–H and O–H groups in total. The first-order valence-electron chi connectivity index (χ1n) is 8.08. The van der Waals surface area contributed by atoms with E-state index in [2.05, 4.69) is 9.47 Å². The first kappa shape index (κ1) is 32.0. The second kappa shape index (κ2) is 21.1. The molecule has 0 saturated heterocycles. The van der Waals surface area contributed by atoms with Gasteiger partial charge in [0, 0.05) is 33.7 Å². The maximum atomic E-state index is 10.9. The predicted octanol–water partition coefficient (Wildman–Crippen LogP) is -0.671. The van der Waals surface area contributed by atoms with E-state index in [-0.39, 0.29) is 44.9 Å². The molecule has 0 aromatic heterocycles. The number of esters is 2. The molecular weight excluding hydrogens is 450 g/mol. The summed E-state index contributed by atoms with van der Waals surface area (Å²) >= 11 is 0. The average Bonchev–Trinajstić information content (AvgIpc) is 2.54. The van der Waals surface area contributed by atoms with Crippen LogP contribution in [0.1, 0.15) is 13.8 Å². The van der Waals surface area contributed by atoms with Crippen LogP contribution in [0.25, 0.3) is 0 Å². The number of hydrogen-bond acceptors (Lipinski definition) is 10. The molecule has 0 radical (unpaired) electrons. The Balaban J connectivity index is -0.000000451. The smallest absolute Gasteiger partial charge is 0.332 e. The minimum atomic E-state index is -1.12. The van der Waals surface area contributed by atoms with Crippen molar-refractivity contribution in [3.05, 3.63) is 0 Å². The number of hydrogen-bond donors (Lipinski definition) is 2. The first-order chi connectivity index (χ1) is 13.1. The minimum absolute atomic E-state index is 0. The van der Waals surface area contributed by atoms with Gasteiger partial charge in [0.25, 0.3) is 0 Å². The zero-order chi connectivity index (χ0) is 21.9. The van der Waals surface area contributed by atoms with Crippen molar-refractivity contribution in [1.29, 1.82) is 0 Å². The summed E-state index contributed by atoms with van der Waals surface area (Å²) in [6.45, 7) is 2.19. The molecule has 0 fully saturated rings. The standard InChI is InChI=1S/2C8H14O6.Zn/c2*1-6(3-12-2)14-8(11)5-13-4-7(9)10;/h2*6H,3-5H2,1-2H3,(H,9,10);. The molecule has 0 aliphatic rings. The van der Waals surface area contributed by atoms with Gasteiger partial charge in [0.2, 0.25) is 0 Å². The molecule has 29 heavy (non-hydrogen) atoms. The maximum Gasteiger partial charge on any atom is 0.332 e. The van der Waals surface area contributed by atoms with Crippen LogP contribution in [0.4, 0.5) is 0 Å². The topological polar surface area (TPSA) is 164 Å². The van der Waals surface area contributed by atoms with Gasteiger partial charge in [-0.3, -0.25) is 0 Å². The second-order valence-corrected chi connectivity index (χ2v) is 5.28. The quantitative estimate of drug-likeness (QED) is 0.240. The van der Waals surface area contributed by atoms with E-state index in [9.17, 15) is 19.2 Å². The predicted molar refractivity (Wildman–Crippen MR) is 91.8 cm³/mol. The molecule has 0 bridgehead atoms. The maximum absolute atomic E-state index is 10.9. The summed E-state index contributed by atoms with van der Waals surface area (Å²) in [5.74, 6) is -3.45. The molecule has 2 unspecified atom stereocenters. The van der Waals surface area contributed by atoms with Gasteiger partial charge in [-0.25, -0.2) is 19.2 Å². The van der Waals surface area contributed by atoms with Gasteiger partial charge in [0.15, 0.2) is 0 Å². The van der Waals surface area contributed by atoms with Crippen LogP contribution in [0.15, 0.2) is 0 Å². The minimum Gasteiger partial charge on any atom is -0.480 e. The van der Waals surface area contributed by atoms with Gasteiger partial charge >= 0.3 is 23.9 Å². The Morgan fingerprint density at radius 2 is 1.00 bits per heavy atom. The Morgan fingerprint density at radius 3 is 1.24 bits per heavy atom. The molecule has 0 aliphatic heterocycles. The molecule has 0 heterocycles. The molecule has 13 heteroatoms. The van der Waals surface area contributed by atoms with E-state index in [1.807, 2.05) is 0 Å². The number of carbonyl (C=O) groups is 4. The van der Waals surface area contributed by atoms with Crippen LogP contribution in [0.3, 0.4) is 0 Å². The van der Waals surface area contributed by atoms with Crippen molar-refractivity contribution in [3.8, 4) is 0 Å². The van der Waals surface area contributed by atoms with Crippen LogP contribution in [-0.2, 0) is 67.1 Å². The largest absolute Gasteiger partial charge is 0.480 e. The number of ether oxygens (including phenoxy) is 6. The fourth-order valence-electron chi connectivity index (χ4n) is 1.50. The summed E-state index contributed by atoms with van der Waals surface area (Å²) in [5, 5.41) is 16.4. The van der Waals surface area contributed by atoms with E-state index >= 15 is 0 Å². The summed E-state index contributed by atoms with van der Waals surface area (Å²) < 4.78 is 28.1. The van der Waals surface area contributed by atoms with E-state index in [0.717, 1.165) is 0 Å². The van der Waals surface area contributed by atoms with Crippen molar-refractivity contribution in [3.63, 3.8) is 0 Å². The molecular formula is C16H28O12Zn. The molecule has 0 saturated carbocycles. The van der Waals surface area contributed by atoms with Crippen LogP contribution in [0.2, 0.25) is 0 Å². The van der Waals surface area contributed by atoms with Gasteiger partial charge in [-0.1, -0.05) is 0 Å².